The summed E-state index contributed by atoms with van der Waals surface area (Å²) >= 11 is 0. The maximum absolute atomic E-state index is 14.8. The van der Waals surface area contributed by atoms with Gasteiger partial charge in [0.2, 0.25) is 27.7 Å². The molecule has 298 valence electrons. The number of para-hydroxylation sites is 1. The predicted octanol–water partition coefficient (Wildman–Crippen LogP) is 4.24. The molecule has 2 saturated carbocycles. The fourth-order valence-corrected chi connectivity index (χ4v) is 10.2. The predicted molar refractivity (Wildman–Crippen MR) is 206 cm³/mol. The molecule has 2 aromatic rings. The highest BCUT2D eigenvalue weighted by atomic mass is 32.2. The van der Waals surface area contributed by atoms with E-state index in [9.17, 15) is 27.6 Å². The number of carbonyl (C=O) groups excluding carboxylic acids is 4. The molecule has 14 heteroatoms. The van der Waals surface area contributed by atoms with Gasteiger partial charge in [-0.15, -0.1) is 0 Å². The van der Waals surface area contributed by atoms with Gasteiger partial charge in [-0.05, 0) is 76.8 Å². The minimum atomic E-state index is -3.87. The Morgan fingerprint density at radius 1 is 1.04 bits per heavy atom. The number of fused-ring (bicyclic) bond motifs is 5. The number of hydrogen-bond acceptors (Lipinski definition) is 10. The molecule has 2 aliphatic carbocycles. The molecule has 0 unspecified atom stereocenters. The summed E-state index contributed by atoms with van der Waals surface area (Å²) in [6.45, 7) is 7.44. The number of allylic oxidation sites excluding steroid dienone is 1. The first-order chi connectivity index (χ1) is 26.2. The minimum Gasteiger partial charge on any atom is -0.481 e. The first-order valence-corrected chi connectivity index (χ1v) is 21.4. The van der Waals surface area contributed by atoms with Gasteiger partial charge in [-0.1, -0.05) is 49.6 Å². The van der Waals surface area contributed by atoms with Crippen LogP contribution in [-0.4, -0.2) is 96.1 Å². The third-order valence-electron chi connectivity index (χ3n) is 11.9. The van der Waals surface area contributed by atoms with Crippen LogP contribution in [0, 0.1) is 23.7 Å². The standard InChI is InChI=1S/C41H55N5O8S/c1-40(2,3)54-35(47)20-26-13-9-7-5-6-8-10-14-29-21-41(29,39(50)44-55(51,52)30-17-18-30)43-37(48)36-32-25-45(23-28(32)24-46(36)38(26)49)22-27-19-34(53-4)42-33-16-12-11-15-31(27)33/h10-12,14-16,19,26,28-30,32,36H,5-9,13,17-18,20-25H2,1-4H3,(H,43,48)(H,44,50)/b14-10-/t26-,28-,29+,32-,36-,41+/m0/s1. The molecule has 0 bridgehead atoms. The van der Waals surface area contributed by atoms with Gasteiger partial charge in [0.05, 0.1) is 24.3 Å². The maximum atomic E-state index is 14.8. The van der Waals surface area contributed by atoms with Gasteiger partial charge in [0.15, 0.2) is 0 Å². The SMILES string of the molecule is COc1cc(CN2C[C@H]3CN4C(=O)[C@H](CC(=O)OC(C)(C)C)CCCCCC/C=C\[C@@H]5C[C@@]5(C(=O)NS(=O)(=O)C5CC5)NC(=O)[C@@H]4[C@H]3C2)c2ccccc2n1. The van der Waals surface area contributed by atoms with E-state index in [1.54, 1.807) is 32.8 Å². The summed E-state index contributed by atoms with van der Waals surface area (Å²) in [6.07, 6.45) is 9.88. The van der Waals surface area contributed by atoms with Crippen molar-refractivity contribution in [1.82, 2.24) is 24.8 Å². The van der Waals surface area contributed by atoms with Crippen molar-refractivity contribution in [3.05, 3.63) is 48.0 Å². The topological polar surface area (TPSA) is 164 Å². The smallest absolute Gasteiger partial charge is 0.307 e. The van der Waals surface area contributed by atoms with Gasteiger partial charge in [-0.25, -0.2) is 13.4 Å². The van der Waals surface area contributed by atoms with E-state index in [1.165, 1.54) is 0 Å². The van der Waals surface area contributed by atoms with Crippen LogP contribution in [0.5, 0.6) is 5.88 Å². The van der Waals surface area contributed by atoms with Gasteiger partial charge in [0, 0.05) is 55.4 Å². The molecule has 3 aliphatic heterocycles. The van der Waals surface area contributed by atoms with Crippen molar-refractivity contribution >= 4 is 44.6 Å². The number of benzene rings is 1. The molecule has 4 heterocycles. The quantitative estimate of drug-likeness (QED) is 0.293. The van der Waals surface area contributed by atoms with E-state index in [1.807, 2.05) is 42.5 Å². The van der Waals surface area contributed by atoms with E-state index < -0.39 is 56.2 Å². The van der Waals surface area contributed by atoms with Crippen LogP contribution < -0.4 is 14.8 Å². The zero-order valence-corrected chi connectivity index (χ0v) is 33.2. The van der Waals surface area contributed by atoms with Crippen LogP contribution in [0.15, 0.2) is 42.5 Å². The monoisotopic (exact) mass is 777 g/mol. The Kier molecular flexibility index (Phi) is 11.0. The second-order valence-electron chi connectivity index (χ2n) is 17.2. The molecule has 2 N–H and O–H groups in total. The summed E-state index contributed by atoms with van der Waals surface area (Å²) < 4.78 is 39.4. The molecule has 1 aromatic heterocycles. The average Bonchev–Trinajstić information content (AvgIpc) is 4.02. The number of esters is 1. The Morgan fingerprint density at radius 2 is 1.80 bits per heavy atom. The second kappa shape index (κ2) is 15.5. The van der Waals surface area contributed by atoms with Crippen LogP contribution in [-0.2, 0) is 40.5 Å². The Labute approximate surface area is 324 Å². The highest BCUT2D eigenvalue weighted by Crippen LogP contribution is 2.47. The fourth-order valence-electron chi connectivity index (χ4n) is 8.88. The minimum absolute atomic E-state index is 0.0473. The molecule has 3 amide bonds. The average molecular weight is 778 g/mol. The largest absolute Gasteiger partial charge is 0.481 e. The Balaban J connectivity index is 1.19. The van der Waals surface area contributed by atoms with E-state index in [0.29, 0.717) is 51.3 Å². The first-order valence-electron chi connectivity index (χ1n) is 19.9. The number of nitrogens with one attached hydrogen (secondary N) is 2. The van der Waals surface area contributed by atoms with Crippen molar-refractivity contribution in [3.63, 3.8) is 0 Å². The number of methoxy groups -OCH3 is 1. The van der Waals surface area contributed by atoms with E-state index >= 15 is 0 Å². The number of nitrogens with zero attached hydrogens (tertiary/aromatic N) is 3. The number of ether oxygens (including phenoxy) is 2. The summed E-state index contributed by atoms with van der Waals surface area (Å²) in [6, 6.07) is 8.90. The molecule has 13 nitrogen and oxygen atoms in total. The van der Waals surface area contributed by atoms with Crippen molar-refractivity contribution < 1.29 is 37.1 Å². The molecule has 4 fully saturated rings. The van der Waals surface area contributed by atoms with Crippen LogP contribution in [0.2, 0.25) is 0 Å². The van der Waals surface area contributed by atoms with Crippen molar-refractivity contribution in [2.24, 2.45) is 23.7 Å². The number of likely N-dealkylation sites (tertiary alicyclic amines) is 1. The number of carbonyl (C=O) groups is 4. The summed E-state index contributed by atoms with van der Waals surface area (Å²) in [5.74, 6) is -2.76. The summed E-state index contributed by atoms with van der Waals surface area (Å²) in [5.41, 5.74) is -0.299. The van der Waals surface area contributed by atoms with E-state index in [-0.39, 0.29) is 36.5 Å². The molecular formula is C41H55N5O8S. The van der Waals surface area contributed by atoms with Gasteiger partial charge < -0.3 is 19.7 Å². The fraction of sp³-hybridized carbons (Fsp3) is 0.634. The molecule has 7 rings (SSSR count). The number of amides is 3. The summed E-state index contributed by atoms with van der Waals surface area (Å²) in [4.78, 5) is 65.1. The lowest BCUT2D eigenvalue weighted by Gasteiger charge is -2.33. The number of rotatable bonds is 8. The van der Waals surface area contributed by atoms with Crippen LogP contribution in [0.4, 0.5) is 0 Å². The number of hydrogen-bond donors (Lipinski definition) is 2. The molecule has 2 saturated heterocycles. The number of pyridine rings is 1. The lowest BCUT2D eigenvalue weighted by atomic mass is 9.92. The second-order valence-corrected chi connectivity index (χ2v) is 19.2. The zero-order chi connectivity index (χ0) is 39.1. The molecular weight excluding hydrogens is 723 g/mol. The third-order valence-corrected chi connectivity index (χ3v) is 13.7. The number of sulfonamides is 1. The van der Waals surface area contributed by atoms with E-state index in [2.05, 4.69) is 19.9 Å². The Morgan fingerprint density at radius 3 is 2.55 bits per heavy atom. The van der Waals surface area contributed by atoms with Crippen molar-refractivity contribution in [1.29, 1.82) is 0 Å². The summed E-state index contributed by atoms with van der Waals surface area (Å²) in [7, 11) is -2.28. The lowest BCUT2D eigenvalue weighted by Crippen LogP contribution is -2.58. The molecule has 5 aliphatic rings. The molecule has 0 radical (unpaired) electrons. The molecule has 55 heavy (non-hydrogen) atoms. The normalized spacial score (nSPS) is 29.8. The highest BCUT2D eigenvalue weighted by molar-refractivity contribution is 7.91. The van der Waals surface area contributed by atoms with Crippen LogP contribution in [0.1, 0.15) is 90.5 Å². The van der Waals surface area contributed by atoms with Gasteiger partial charge in [0.25, 0.3) is 5.91 Å². The third kappa shape index (κ3) is 8.70. The van der Waals surface area contributed by atoms with Crippen LogP contribution in [0.3, 0.4) is 0 Å². The maximum Gasteiger partial charge on any atom is 0.307 e. The van der Waals surface area contributed by atoms with Crippen molar-refractivity contribution in [3.8, 4) is 5.88 Å². The van der Waals surface area contributed by atoms with Gasteiger partial charge >= 0.3 is 5.97 Å². The zero-order valence-electron chi connectivity index (χ0n) is 32.4. The van der Waals surface area contributed by atoms with Gasteiger partial charge in [-0.2, -0.15) is 0 Å². The van der Waals surface area contributed by atoms with E-state index in [4.69, 9.17) is 9.47 Å². The Hall–Kier alpha value is -4.04. The molecule has 0 spiro atoms. The lowest BCUT2D eigenvalue weighted by molar-refractivity contribution is -0.159. The molecule has 1 aromatic carbocycles. The van der Waals surface area contributed by atoms with Gasteiger partial charge in [-0.3, -0.25) is 28.8 Å². The van der Waals surface area contributed by atoms with Gasteiger partial charge in [0.1, 0.15) is 17.2 Å². The molecule has 6 atom stereocenters. The van der Waals surface area contributed by atoms with E-state index in [0.717, 1.165) is 48.6 Å². The van der Waals surface area contributed by atoms with Crippen LogP contribution in [0.25, 0.3) is 10.9 Å². The Bertz CT molecular complexity index is 1960. The number of aromatic nitrogens is 1. The first kappa shape index (κ1) is 39.2. The van der Waals surface area contributed by atoms with Crippen molar-refractivity contribution in [2.45, 2.75) is 114 Å². The summed E-state index contributed by atoms with van der Waals surface area (Å²) in [5, 5.41) is 3.43. The highest BCUT2D eigenvalue weighted by Gasteiger charge is 2.63. The van der Waals surface area contributed by atoms with Crippen LogP contribution >= 0.6 is 0 Å². The van der Waals surface area contributed by atoms with Crippen molar-refractivity contribution in [2.75, 3.05) is 26.7 Å².